The Morgan fingerprint density at radius 1 is 1.37 bits per heavy atom. The monoisotopic (exact) mass is 268 g/mol. The van der Waals surface area contributed by atoms with Gasteiger partial charge >= 0.3 is 0 Å². The van der Waals surface area contributed by atoms with Gasteiger partial charge < -0.3 is 15.3 Å². The van der Waals surface area contributed by atoms with Gasteiger partial charge in [0.05, 0.1) is 17.3 Å². The smallest absolute Gasteiger partial charge is 0.162 e. The Balaban J connectivity index is 2.52. The van der Waals surface area contributed by atoms with E-state index in [0.29, 0.717) is 18.4 Å². The van der Waals surface area contributed by atoms with Gasteiger partial charge in [-0.05, 0) is 33.6 Å². The van der Waals surface area contributed by atoms with E-state index in [0.717, 1.165) is 0 Å². The van der Waals surface area contributed by atoms with Crippen molar-refractivity contribution in [2.75, 3.05) is 0 Å². The third-order valence-corrected chi connectivity index (χ3v) is 4.90. The summed E-state index contributed by atoms with van der Waals surface area (Å²) in [6.07, 6.45) is 2.26. The molecule has 0 unspecified atom stereocenters. The number of hydrogen-bond donors (Lipinski definition) is 3. The third-order valence-electron chi connectivity index (χ3n) is 4.90. The topological polar surface area (TPSA) is 77.8 Å². The van der Waals surface area contributed by atoms with Gasteiger partial charge in [0.15, 0.2) is 5.78 Å². The summed E-state index contributed by atoms with van der Waals surface area (Å²) in [6, 6.07) is 0. The van der Waals surface area contributed by atoms with E-state index in [4.69, 9.17) is 0 Å². The van der Waals surface area contributed by atoms with Gasteiger partial charge in [0.1, 0.15) is 0 Å². The lowest BCUT2D eigenvalue weighted by molar-refractivity contribution is -0.151. The molecule has 2 rings (SSSR count). The summed E-state index contributed by atoms with van der Waals surface area (Å²) < 4.78 is 0. The Kier molecular flexibility index (Phi) is 3.20. The lowest BCUT2D eigenvalue weighted by atomic mass is 9.54. The van der Waals surface area contributed by atoms with Crippen LogP contribution in [0.1, 0.15) is 47.0 Å². The molecule has 2 aliphatic carbocycles. The molecule has 0 heterocycles. The fourth-order valence-electron chi connectivity index (χ4n) is 3.68. The van der Waals surface area contributed by atoms with Crippen LogP contribution in [0.2, 0.25) is 0 Å². The Morgan fingerprint density at radius 2 is 1.95 bits per heavy atom. The Bertz CT molecular complexity index is 430. The molecule has 4 atom stereocenters. The second-order valence-electron chi connectivity index (χ2n) is 7.13. The molecule has 3 N–H and O–H groups in total. The van der Waals surface area contributed by atoms with E-state index in [1.165, 1.54) is 0 Å². The van der Waals surface area contributed by atoms with Crippen LogP contribution >= 0.6 is 0 Å². The number of hydrogen-bond acceptors (Lipinski definition) is 4. The quantitative estimate of drug-likeness (QED) is 0.667. The average Bonchev–Trinajstić information content (AvgIpc) is 2.22. The van der Waals surface area contributed by atoms with Gasteiger partial charge in [-0.2, -0.15) is 0 Å². The molecule has 2 aliphatic rings. The van der Waals surface area contributed by atoms with Crippen molar-refractivity contribution in [3.63, 3.8) is 0 Å². The van der Waals surface area contributed by atoms with E-state index >= 15 is 0 Å². The minimum Gasteiger partial charge on any atom is -0.393 e. The molecule has 0 aromatic rings. The maximum Gasteiger partial charge on any atom is 0.162 e. The van der Waals surface area contributed by atoms with Gasteiger partial charge in [-0.25, -0.2) is 0 Å². The fraction of sp³-hybridized carbons (Fsp3) is 0.800. The molecule has 0 aromatic carbocycles. The first kappa shape index (κ1) is 14.7. The van der Waals surface area contributed by atoms with Gasteiger partial charge in [0.25, 0.3) is 0 Å². The summed E-state index contributed by atoms with van der Waals surface area (Å²) in [7, 11) is 0. The first-order valence-corrected chi connectivity index (χ1v) is 6.87. The molecule has 0 bridgehead atoms. The molecule has 0 amide bonds. The number of carbonyl (C=O) groups is 1. The second-order valence-corrected chi connectivity index (χ2v) is 7.13. The molecular formula is C15H24O4. The zero-order valence-corrected chi connectivity index (χ0v) is 12.1. The van der Waals surface area contributed by atoms with Crippen molar-refractivity contribution in [3.05, 3.63) is 11.6 Å². The van der Waals surface area contributed by atoms with Crippen molar-refractivity contribution in [1.29, 1.82) is 0 Å². The summed E-state index contributed by atoms with van der Waals surface area (Å²) in [6.45, 7) is 6.75. The molecule has 0 aliphatic heterocycles. The van der Waals surface area contributed by atoms with E-state index in [9.17, 15) is 20.1 Å². The van der Waals surface area contributed by atoms with Gasteiger partial charge in [0, 0.05) is 23.3 Å². The largest absolute Gasteiger partial charge is 0.393 e. The van der Waals surface area contributed by atoms with Gasteiger partial charge in [0.2, 0.25) is 0 Å². The number of Topliss-reactive ketones (excluding diaryl/α,β-unsaturated/α-hetero) is 1. The standard InChI is InChI=1S/C15H24O4/c1-13(2,18)9-7-11-14(3,8-10(9)16)12(17)5-6-15(11,4)19/h7,11-12,17-19H,5-6,8H2,1-4H3/t11-,12-,14-,15-/m1/s1. The fourth-order valence-corrected chi connectivity index (χ4v) is 3.68. The molecule has 0 saturated heterocycles. The highest BCUT2D eigenvalue weighted by molar-refractivity contribution is 5.98. The number of aliphatic hydroxyl groups excluding tert-OH is 1. The predicted molar refractivity (Wildman–Crippen MR) is 71.5 cm³/mol. The van der Waals surface area contributed by atoms with Crippen LogP contribution in [0, 0.1) is 11.3 Å². The summed E-state index contributed by atoms with van der Waals surface area (Å²) in [4.78, 5) is 12.2. The summed E-state index contributed by atoms with van der Waals surface area (Å²) in [5, 5.41) is 30.9. The van der Waals surface area contributed by atoms with E-state index in [-0.39, 0.29) is 18.1 Å². The number of aliphatic hydroxyl groups is 3. The highest BCUT2D eigenvalue weighted by atomic mass is 16.3. The zero-order chi connectivity index (χ0) is 14.6. The van der Waals surface area contributed by atoms with Crippen LogP contribution in [0.15, 0.2) is 11.6 Å². The van der Waals surface area contributed by atoms with Crippen molar-refractivity contribution in [2.24, 2.45) is 11.3 Å². The van der Waals surface area contributed by atoms with Crippen LogP contribution in [-0.4, -0.2) is 38.4 Å². The average molecular weight is 268 g/mol. The maximum atomic E-state index is 12.2. The molecule has 1 fully saturated rings. The van der Waals surface area contributed by atoms with Crippen molar-refractivity contribution in [2.45, 2.75) is 64.3 Å². The summed E-state index contributed by atoms with van der Waals surface area (Å²) in [5.41, 5.74) is -2.46. The van der Waals surface area contributed by atoms with Crippen LogP contribution < -0.4 is 0 Å². The third kappa shape index (κ3) is 2.26. The summed E-state index contributed by atoms with van der Waals surface area (Å²) >= 11 is 0. The molecule has 4 nitrogen and oxygen atoms in total. The molecule has 0 radical (unpaired) electrons. The SMILES string of the molecule is CC(C)(O)C1=C[C@@H]2[C@@](C)(CC1=O)[C@H](O)CC[C@@]2(C)O. The number of fused-ring (bicyclic) bond motifs is 1. The molecule has 108 valence electrons. The highest BCUT2D eigenvalue weighted by Gasteiger charge is 2.55. The van der Waals surface area contributed by atoms with Gasteiger partial charge in [-0.1, -0.05) is 13.0 Å². The molecule has 4 heteroatoms. The molecular weight excluding hydrogens is 244 g/mol. The molecule has 19 heavy (non-hydrogen) atoms. The first-order chi connectivity index (χ1) is 8.48. The van der Waals surface area contributed by atoms with Crippen LogP contribution in [-0.2, 0) is 4.79 Å². The minimum absolute atomic E-state index is 0.136. The molecule has 1 saturated carbocycles. The lowest BCUT2D eigenvalue weighted by Crippen LogP contribution is -2.57. The lowest BCUT2D eigenvalue weighted by Gasteiger charge is -2.53. The molecule has 0 spiro atoms. The van der Waals surface area contributed by atoms with Crippen molar-refractivity contribution < 1.29 is 20.1 Å². The van der Waals surface area contributed by atoms with Crippen LogP contribution in [0.5, 0.6) is 0 Å². The molecule has 0 aromatic heterocycles. The Labute approximate surface area is 114 Å². The van der Waals surface area contributed by atoms with E-state index in [2.05, 4.69) is 0 Å². The predicted octanol–water partition coefficient (Wildman–Crippen LogP) is 1.18. The number of rotatable bonds is 1. The van der Waals surface area contributed by atoms with Gasteiger partial charge in [-0.15, -0.1) is 0 Å². The van der Waals surface area contributed by atoms with E-state index < -0.39 is 22.7 Å². The highest BCUT2D eigenvalue weighted by Crippen LogP contribution is 2.53. The normalized spacial score (nSPS) is 43.7. The van der Waals surface area contributed by atoms with Crippen molar-refractivity contribution in [1.82, 2.24) is 0 Å². The zero-order valence-electron chi connectivity index (χ0n) is 12.1. The van der Waals surface area contributed by atoms with E-state index in [1.54, 1.807) is 26.8 Å². The van der Waals surface area contributed by atoms with Crippen LogP contribution in [0.3, 0.4) is 0 Å². The number of ketones is 1. The minimum atomic E-state index is -1.21. The van der Waals surface area contributed by atoms with Crippen molar-refractivity contribution >= 4 is 5.78 Å². The maximum absolute atomic E-state index is 12.2. The Hall–Kier alpha value is -0.710. The van der Waals surface area contributed by atoms with Gasteiger partial charge in [-0.3, -0.25) is 4.79 Å². The second kappa shape index (κ2) is 4.14. The van der Waals surface area contributed by atoms with Crippen LogP contribution in [0.4, 0.5) is 0 Å². The van der Waals surface area contributed by atoms with Crippen LogP contribution in [0.25, 0.3) is 0 Å². The Morgan fingerprint density at radius 3 is 2.47 bits per heavy atom. The van der Waals surface area contributed by atoms with Crippen molar-refractivity contribution in [3.8, 4) is 0 Å². The number of carbonyl (C=O) groups excluding carboxylic acids is 1. The van der Waals surface area contributed by atoms with E-state index in [1.807, 2.05) is 6.92 Å². The first-order valence-electron chi connectivity index (χ1n) is 6.87. The summed E-state index contributed by atoms with van der Waals surface area (Å²) in [5.74, 6) is -0.453.